The minimum Gasteiger partial charge on any atom is -0.266 e. The molecule has 1 aliphatic rings. The molecule has 0 bridgehead atoms. The molecule has 90 valence electrons. The van der Waals surface area contributed by atoms with E-state index >= 15 is 0 Å². The average Bonchev–Trinajstić information content (AvgIpc) is 2.90. The van der Waals surface area contributed by atoms with E-state index < -0.39 is 10.0 Å². The molecule has 1 aromatic heterocycles. The van der Waals surface area contributed by atoms with E-state index in [1.54, 1.807) is 4.31 Å². The Morgan fingerprint density at radius 1 is 1.56 bits per heavy atom. The van der Waals surface area contributed by atoms with Gasteiger partial charge in [0.2, 0.25) is 0 Å². The summed E-state index contributed by atoms with van der Waals surface area (Å²) in [5.74, 6) is 1.000. The molecule has 5 nitrogen and oxygen atoms in total. The smallest absolute Gasteiger partial charge is 0.259 e. The third-order valence-electron chi connectivity index (χ3n) is 3.22. The summed E-state index contributed by atoms with van der Waals surface area (Å²) in [6.07, 6.45) is 2.41. The highest BCUT2D eigenvalue weighted by Gasteiger charge is 2.34. The zero-order valence-corrected chi connectivity index (χ0v) is 10.4. The quantitative estimate of drug-likeness (QED) is 0.863. The first kappa shape index (κ1) is 11.6. The highest BCUT2D eigenvalue weighted by atomic mass is 32.2. The Morgan fingerprint density at radius 2 is 2.31 bits per heavy atom. The number of nitrogens with zero attached hydrogens (tertiary/aromatic N) is 2. The summed E-state index contributed by atoms with van der Waals surface area (Å²) in [4.78, 5) is 0. The lowest BCUT2D eigenvalue weighted by atomic mass is 9.96. The van der Waals surface area contributed by atoms with Crippen LogP contribution in [-0.2, 0) is 10.0 Å². The van der Waals surface area contributed by atoms with E-state index in [4.69, 9.17) is 0 Å². The van der Waals surface area contributed by atoms with Gasteiger partial charge >= 0.3 is 0 Å². The Bertz CT molecular complexity index is 439. The topological polar surface area (TPSA) is 66.1 Å². The molecule has 2 rings (SSSR count). The predicted octanol–water partition coefficient (Wildman–Crippen LogP) is 1.08. The van der Waals surface area contributed by atoms with Crippen LogP contribution < -0.4 is 0 Å². The summed E-state index contributed by atoms with van der Waals surface area (Å²) in [5.41, 5.74) is 0. The van der Waals surface area contributed by atoms with E-state index in [-0.39, 0.29) is 5.03 Å². The monoisotopic (exact) mass is 243 g/mol. The SMILES string of the molecule is CC(C)C1CCN(S(=O)(=O)c2ccn[nH]2)C1. The summed E-state index contributed by atoms with van der Waals surface area (Å²) in [6.45, 7) is 5.51. The average molecular weight is 243 g/mol. The van der Waals surface area contributed by atoms with Crippen LogP contribution >= 0.6 is 0 Å². The number of H-pyrrole nitrogens is 1. The van der Waals surface area contributed by atoms with Gasteiger partial charge in [-0.15, -0.1) is 0 Å². The first-order chi connectivity index (χ1) is 7.51. The standard InChI is InChI=1S/C10H17N3O2S/c1-8(2)9-4-6-13(7-9)16(14,15)10-3-5-11-12-10/h3,5,8-9H,4,6-7H2,1-2H3,(H,11,12). The van der Waals surface area contributed by atoms with E-state index in [0.717, 1.165) is 6.42 Å². The first-order valence-electron chi connectivity index (χ1n) is 5.51. The molecule has 1 fully saturated rings. The number of hydrogen-bond acceptors (Lipinski definition) is 3. The molecule has 2 heterocycles. The maximum atomic E-state index is 12.1. The molecule has 0 saturated carbocycles. The van der Waals surface area contributed by atoms with Crippen LogP contribution in [0.5, 0.6) is 0 Å². The fraction of sp³-hybridized carbons (Fsp3) is 0.700. The fourth-order valence-electron chi connectivity index (χ4n) is 2.04. The van der Waals surface area contributed by atoms with E-state index in [0.29, 0.717) is 24.9 Å². The van der Waals surface area contributed by atoms with Crippen molar-refractivity contribution in [2.24, 2.45) is 11.8 Å². The van der Waals surface area contributed by atoms with Gasteiger partial charge in [-0.1, -0.05) is 13.8 Å². The Balaban J connectivity index is 2.16. The molecule has 1 atom stereocenters. The molecule has 1 saturated heterocycles. The van der Waals surface area contributed by atoms with Crippen LogP contribution in [0.3, 0.4) is 0 Å². The van der Waals surface area contributed by atoms with Gasteiger partial charge in [0.15, 0.2) is 5.03 Å². The molecular formula is C10H17N3O2S. The Kier molecular flexibility index (Phi) is 3.03. The molecule has 0 radical (unpaired) electrons. The van der Waals surface area contributed by atoms with Crippen molar-refractivity contribution in [1.29, 1.82) is 0 Å². The fourth-order valence-corrected chi connectivity index (χ4v) is 3.45. The van der Waals surface area contributed by atoms with E-state index in [9.17, 15) is 8.42 Å². The molecular weight excluding hydrogens is 226 g/mol. The third-order valence-corrected chi connectivity index (χ3v) is 5.02. The summed E-state index contributed by atoms with van der Waals surface area (Å²) in [7, 11) is -3.35. The van der Waals surface area contributed by atoms with Gasteiger partial charge in [0.05, 0.1) is 6.20 Å². The Morgan fingerprint density at radius 3 is 2.81 bits per heavy atom. The number of aromatic nitrogens is 2. The zero-order chi connectivity index (χ0) is 11.8. The number of rotatable bonds is 3. The van der Waals surface area contributed by atoms with Crippen LogP contribution in [0.2, 0.25) is 0 Å². The number of hydrogen-bond donors (Lipinski definition) is 1. The van der Waals surface area contributed by atoms with Gasteiger partial charge in [-0.25, -0.2) is 8.42 Å². The normalized spacial score (nSPS) is 23.1. The highest BCUT2D eigenvalue weighted by Crippen LogP contribution is 2.27. The van der Waals surface area contributed by atoms with Crippen molar-refractivity contribution < 1.29 is 8.42 Å². The number of nitrogens with one attached hydrogen (secondary N) is 1. The highest BCUT2D eigenvalue weighted by molar-refractivity contribution is 7.89. The molecule has 0 aromatic carbocycles. The van der Waals surface area contributed by atoms with E-state index in [1.807, 2.05) is 0 Å². The van der Waals surface area contributed by atoms with Gasteiger partial charge in [-0.2, -0.15) is 9.40 Å². The number of aromatic amines is 1. The Hall–Kier alpha value is -0.880. The van der Waals surface area contributed by atoms with Gasteiger partial charge in [0.25, 0.3) is 10.0 Å². The largest absolute Gasteiger partial charge is 0.266 e. The molecule has 1 aliphatic heterocycles. The second-order valence-corrected chi connectivity index (χ2v) is 6.48. The van der Waals surface area contributed by atoms with Gasteiger partial charge in [0, 0.05) is 13.1 Å². The van der Waals surface area contributed by atoms with Crippen LogP contribution in [0.15, 0.2) is 17.3 Å². The minimum absolute atomic E-state index is 0.192. The van der Waals surface area contributed by atoms with Gasteiger partial charge in [-0.3, -0.25) is 5.10 Å². The third kappa shape index (κ3) is 1.99. The summed E-state index contributed by atoms with van der Waals surface area (Å²) in [5, 5.41) is 6.39. The van der Waals surface area contributed by atoms with Gasteiger partial charge < -0.3 is 0 Å². The van der Waals surface area contributed by atoms with Crippen molar-refractivity contribution in [2.75, 3.05) is 13.1 Å². The molecule has 0 amide bonds. The summed E-state index contributed by atoms with van der Waals surface area (Å²) < 4.78 is 25.8. The van der Waals surface area contributed by atoms with Crippen molar-refractivity contribution in [3.63, 3.8) is 0 Å². The molecule has 0 aliphatic carbocycles. The minimum atomic E-state index is -3.35. The number of sulfonamides is 1. The van der Waals surface area contributed by atoms with Gasteiger partial charge in [0.1, 0.15) is 0 Å². The maximum Gasteiger partial charge on any atom is 0.259 e. The maximum absolute atomic E-state index is 12.1. The van der Waals surface area contributed by atoms with Crippen LogP contribution in [0.25, 0.3) is 0 Å². The van der Waals surface area contributed by atoms with Crippen molar-refractivity contribution >= 4 is 10.0 Å². The molecule has 1 aromatic rings. The second kappa shape index (κ2) is 4.18. The molecule has 1 N–H and O–H groups in total. The second-order valence-electron chi connectivity index (χ2n) is 4.58. The molecule has 6 heteroatoms. The Labute approximate surface area is 95.9 Å². The lowest BCUT2D eigenvalue weighted by Crippen LogP contribution is -2.29. The first-order valence-corrected chi connectivity index (χ1v) is 6.95. The van der Waals surface area contributed by atoms with Crippen molar-refractivity contribution in [1.82, 2.24) is 14.5 Å². The van der Waals surface area contributed by atoms with Crippen LogP contribution in [-0.4, -0.2) is 36.0 Å². The lowest BCUT2D eigenvalue weighted by Gasteiger charge is -2.16. The van der Waals surface area contributed by atoms with Crippen molar-refractivity contribution in [3.05, 3.63) is 12.3 Å². The summed E-state index contributed by atoms with van der Waals surface area (Å²) in [6, 6.07) is 1.50. The van der Waals surface area contributed by atoms with Gasteiger partial charge in [-0.05, 0) is 24.3 Å². The van der Waals surface area contributed by atoms with Crippen LogP contribution in [0, 0.1) is 11.8 Å². The molecule has 0 spiro atoms. The molecule has 1 unspecified atom stereocenters. The van der Waals surface area contributed by atoms with Crippen molar-refractivity contribution in [3.8, 4) is 0 Å². The van der Waals surface area contributed by atoms with E-state index in [2.05, 4.69) is 24.0 Å². The van der Waals surface area contributed by atoms with Crippen LogP contribution in [0.4, 0.5) is 0 Å². The van der Waals surface area contributed by atoms with E-state index in [1.165, 1.54) is 12.3 Å². The molecule has 16 heavy (non-hydrogen) atoms. The zero-order valence-electron chi connectivity index (χ0n) is 9.55. The predicted molar refractivity (Wildman–Crippen MR) is 60.3 cm³/mol. The van der Waals surface area contributed by atoms with Crippen molar-refractivity contribution in [2.45, 2.75) is 25.3 Å². The van der Waals surface area contributed by atoms with Crippen LogP contribution in [0.1, 0.15) is 20.3 Å². The summed E-state index contributed by atoms with van der Waals surface area (Å²) >= 11 is 0. The lowest BCUT2D eigenvalue weighted by molar-refractivity contribution is 0.388.